The van der Waals surface area contributed by atoms with Gasteiger partial charge >= 0.3 is 5.97 Å². The molecule has 120 valence electrons. The molecule has 23 heavy (non-hydrogen) atoms. The fourth-order valence-corrected chi connectivity index (χ4v) is 4.27. The van der Waals surface area contributed by atoms with Crippen molar-refractivity contribution in [2.24, 2.45) is 5.92 Å². The minimum atomic E-state index is -0.896. The zero-order valence-electron chi connectivity index (χ0n) is 12.7. The van der Waals surface area contributed by atoms with E-state index < -0.39 is 12.0 Å². The van der Waals surface area contributed by atoms with Crippen molar-refractivity contribution in [3.63, 3.8) is 0 Å². The number of H-pyrrole nitrogens is 1. The van der Waals surface area contributed by atoms with E-state index in [2.05, 4.69) is 10.2 Å². The molecule has 2 N–H and O–H groups in total. The van der Waals surface area contributed by atoms with E-state index in [1.807, 2.05) is 6.07 Å². The fraction of sp³-hybridized carbons (Fsp3) is 0.471. The highest BCUT2D eigenvalue weighted by atomic mass is 16.4. The Morgan fingerprint density at radius 2 is 2.09 bits per heavy atom. The lowest BCUT2D eigenvalue weighted by atomic mass is 9.84. The van der Waals surface area contributed by atoms with E-state index in [0.29, 0.717) is 17.9 Å². The molecule has 4 rings (SSSR count). The molecular formula is C17H19N3O3. The maximum Gasteiger partial charge on any atom is 0.326 e. The first kappa shape index (κ1) is 14.2. The largest absolute Gasteiger partial charge is 0.480 e. The first-order valence-corrected chi connectivity index (χ1v) is 8.14. The maximum absolute atomic E-state index is 13.1. The molecule has 6 nitrogen and oxygen atoms in total. The van der Waals surface area contributed by atoms with Crippen LogP contribution in [0.2, 0.25) is 0 Å². The molecule has 2 heterocycles. The van der Waals surface area contributed by atoms with Crippen LogP contribution in [0.5, 0.6) is 0 Å². The van der Waals surface area contributed by atoms with E-state index in [-0.39, 0.29) is 11.9 Å². The summed E-state index contributed by atoms with van der Waals surface area (Å²) in [6.07, 6.45) is 6.33. The normalized spacial score (nSPS) is 27.1. The molecule has 2 fully saturated rings. The Hall–Kier alpha value is -2.37. The lowest BCUT2D eigenvalue weighted by molar-refractivity contribution is -0.141. The number of carbonyl (C=O) groups is 2. The minimum absolute atomic E-state index is 0.0551. The van der Waals surface area contributed by atoms with Gasteiger partial charge in [-0.15, -0.1) is 0 Å². The van der Waals surface area contributed by atoms with Crippen LogP contribution in [-0.4, -0.2) is 44.2 Å². The van der Waals surface area contributed by atoms with E-state index >= 15 is 0 Å². The molecule has 1 saturated carbocycles. The number of rotatable bonds is 2. The lowest BCUT2D eigenvalue weighted by Crippen LogP contribution is -2.46. The molecule has 1 aromatic heterocycles. The number of likely N-dealkylation sites (tertiary alicyclic amines) is 1. The molecule has 1 aliphatic heterocycles. The van der Waals surface area contributed by atoms with Crippen molar-refractivity contribution in [3.05, 3.63) is 30.0 Å². The number of hydrogen-bond donors (Lipinski definition) is 2. The summed E-state index contributed by atoms with van der Waals surface area (Å²) in [5, 5.41) is 17.2. The van der Waals surface area contributed by atoms with Crippen molar-refractivity contribution in [3.8, 4) is 0 Å². The summed E-state index contributed by atoms with van der Waals surface area (Å²) in [6, 6.07) is 4.77. The molecule has 0 spiro atoms. The Balaban J connectivity index is 1.75. The van der Waals surface area contributed by atoms with Crippen molar-refractivity contribution in [1.82, 2.24) is 15.1 Å². The van der Waals surface area contributed by atoms with Crippen molar-refractivity contribution in [2.45, 2.75) is 44.2 Å². The van der Waals surface area contributed by atoms with Crippen LogP contribution in [0, 0.1) is 5.92 Å². The summed E-state index contributed by atoms with van der Waals surface area (Å²) in [5.74, 6) is -0.761. The van der Waals surface area contributed by atoms with Gasteiger partial charge in [0.25, 0.3) is 5.91 Å². The van der Waals surface area contributed by atoms with Gasteiger partial charge in [-0.2, -0.15) is 5.10 Å². The van der Waals surface area contributed by atoms with Crippen LogP contribution < -0.4 is 0 Å². The third kappa shape index (κ3) is 2.20. The van der Waals surface area contributed by atoms with Crippen LogP contribution in [0.15, 0.2) is 24.4 Å². The van der Waals surface area contributed by atoms with Crippen LogP contribution in [0.3, 0.4) is 0 Å². The van der Waals surface area contributed by atoms with E-state index in [4.69, 9.17) is 0 Å². The maximum atomic E-state index is 13.1. The van der Waals surface area contributed by atoms with Crippen molar-refractivity contribution < 1.29 is 14.7 Å². The number of aromatic amines is 1. The van der Waals surface area contributed by atoms with Crippen LogP contribution in [0.1, 0.15) is 42.5 Å². The number of nitrogens with one attached hydrogen (secondary N) is 1. The van der Waals surface area contributed by atoms with Gasteiger partial charge in [0, 0.05) is 11.4 Å². The quantitative estimate of drug-likeness (QED) is 0.891. The number of aromatic nitrogens is 2. The Morgan fingerprint density at radius 1 is 1.26 bits per heavy atom. The van der Waals surface area contributed by atoms with E-state index in [1.165, 1.54) is 0 Å². The first-order chi connectivity index (χ1) is 11.2. The molecule has 1 aromatic carbocycles. The zero-order chi connectivity index (χ0) is 16.0. The van der Waals surface area contributed by atoms with Crippen LogP contribution in [-0.2, 0) is 4.79 Å². The average molecular weight is 313 g/mol. The first-order valence-electron chi connectivity index (χ1n) is 8.14. The summed E-state index contributed by atoms with van der Waals surface area (Å²) in [6.45, 7) is 0. The van der Waals surface area contributed by atoms with Crippen LogP contribution in [0.4, 0.5) is 0 Å². The van der Waals surface area contributed by atoms with Crippen LogP contribution >= 0.6 is 0 Å². The van der Waals surface area contributed by atoms with Gasteiger partial charge in [-0.1, -0.05) is 18.9 Å². The lowest BCUT2D eigenvalue weighted by Gasteiger charge is -2.33. The summed E-state index contributed by atoms with van der Waals surface area (Å²) in [7, 11) is 0. The van der Waals surface area contributed by atoms with E-state index in [0.717, 1.165) is 36.6 Å². The number of carbonyl (C=O) groups excluding carboxylic acids is 1. The number of aliphatic carboxylic acids is 1. The Kier molecular flexibility index (Phi) is 3.32. The molecule has 1 aliphatic carbocycles. The molecule has 0 bridgehead atoms. The summed E-state index contributed by atoms with van der Waals surface area (Å²) < 4.78 is 0. The van der Waals surface area contributed by atoms with Gasteiger partial charge in [0.15, 0.2) is 0 Å². The van der Waals surface area contributed by atoms with Gasteiger partial charge in [0.2, 0.25) is 0 Å². The van der Waals surface area contributed by atoms with Gasteiger partial charge in [0.1, 0.15) is 6.04 Å². The second-order valence-electron chi connectivity index (χ2n) is 6.55. The van der Waals surface area contributed by atoms with Gasteiger partial charge < -0.3 is 10.0 Å². The highest BCUT2D eigenvalue weighted by molar-refractivity contribution is 6.07. The highest BCUT2D eigenvalue weighted by Crippen LogP contribution is 2.40. The van der Waals surface area contributed by atoms with Crippen molar-refractivity contribution in [1.29, 1.82) is 0 Å². The number of benzene rings is 1. The second-order valence-corrected chi connectivity index (χ2v) is 6.55. The minimum Gasteiger partial charge on any atom is -0.480 e. The molecule has 0 radical (unpaired) electrons. The number of nitrogens with zero attached hydrogens (tertiary/aromatic N) is 2. The smallest absolute Gasteiger partial charge is 0.326 e. The third-order valence-corrected chi connectivity index (χ3v) is 5.32. The van der Waals surface area contributed by atoms with Crippen LogP contribution in [0.25, 0.3) is 10.9 Å². The van der Waals surface area contributed by atoms with Gasteiger partial charge in [-0.3, -0.25) is 9.89 Å². The van der Waals surface area contributed by atoms with Gasteiger partial charge in [0.05, 0.1) is 17.3 Å². The van der Waals surface area contributed by atoms with Crippen molar-refractivity contribution >= 4 is 22.8 Å². The Labute approximate surface area is 133 Å². The average Bonchev–Trinajstić information content (AvgIpc) is 3.18. The molecule has 2 aromatic rings. The monoisotopic (exact) mass is 313 g/mol. The molecule has 2 aliphatic rings. The molecule has 3 atom stereocenters. The topological polar surface area (TPSA) is 86.3 Å². The van der Waals surface area contributed by atoms with Gasteiger partial charge in [-0.05, 0) is 37.3 Å². The summed E-state index contributed by atoms with van der Waals surface area (Å²) in [4.78, 5) is 26.5. The molecular weight excluding hydrogens is 294 g/mol. The standard InChI is InChI=1S/C17H19N3O3/c21-16(11-5-3-6-13-12(11)9-18-19-13)20-14-7-2-1-4-10(14)8-15(20)17(22)23/h3,5-6,9-10,14-15H,1-2,4,7-8H2,(H,18,19)(H,22,23). The fourth-order valence-electron chi connectivity index (χ4n) is 4.27. The number of carboxylic acids is 1. The SMILES string of the molecule is O=C(O)C1CC2CCCCC2N1C(=O)c1cccc2[nH]ncc12. The van der Waals surface area contributed by atoms with E-state index in [9.17, 15) is 14.7 Å². The number of hydrogen-bond acceptors (Lipinski definition) is 3. The Bertz CT molecular complexity index is 769. The highest BCUT2D eigenvalue weighted by Gasteiger charge is 2.47. The van der Waals surface area contributed by atoms with Gasteiger partial charge in [-0.25, -0.2) is 4.79 Å². The third-order valence-electron chi connectivity index (χ3n) is 5.32. The Morgan fingerprint density at radius 3 is 2.91 bits per heavy atom. The molecule has 3 unspecified atom stereocenters. The second kappa shape index (κ2) is 5.37. The molecule has 1 amide bonds. The molecule has 6 heteroatoms. The predicted octanol–water partition coefficient (Wildman–Crippen LogP) is 2.42. The number of carboxylic acid groups (broad SMARTS) is 1. The summed E-state index contributed by atoms with van der Waals surface area (Å²) >= 11 is 0. The number of fused-ring (bicyclic) bond motifs is 2. The molecule has 1 saturated heterocycles. The zero-order valence-corrected chi connectivity index (χ0v) is 12.7. The predicted molar refractivity (Wildman–Crippen MR) is 84.1 cm³/mol. The number of amides is 1. The van der Waals surface area contributed by atoms with E-state index in [1.54, 1.807) is 23.2 Å². The summed E-state index contributed by atoms with van der Waals surface area (Å²) in [5.41, 5.74) is 1.33. The van der Waals surface area contributed by atoms with Crippen molar-refractivity contribution in [2.75, 3.05) is 0 Å².